The second kappa shape index (κ2) is 7.16. The average molecular weight is 411 g/mol. The molecule has 1 saturated heterocycles. The Balaban J connectivity index is 1.29. The molecule has 3 heterocycles. The quantitative estimate of drug-likeness (QED) is 0.688. The van der Waals surface area contributed by atoms with Crippen molar-refractivity contribution < 1.29 is 8.42 Å². The molecule has 0 unspecified atom stereocenters. The number of hydrogen-bond donors (Lipinski definition) is 2. The Kier molecular flexibility index (Phi) is 4.48. The number of nitrogens with zero attached hydrogens (tertiary/aromatic N) is 4. The summed E-state index contributed by atoms with van der Waals surface area (Å²) >= 11 is 0. The van der Waals surface area contributed by atoms with Crippen LogP contribution in [0.1, 0.15) is 6.42 Å². The first-order valence-electron chi connectivity index (χ1n) is 9.70. The maximum absolute atomic E-state index is 12.4. The Bertz CT molecular complexity index is 1150. The second-order valence-electron chi connectivity index (χ2n) is 7.33. The van der Waals surface area contributed by atoms with Crippen molar-refractivity contribution in [2.45, 2.75) is 11.3 Å². The van der Waals surface area contributed by atoms with E-state index in [4.69, 9.17) is 4.98 Å². The van der Waals surface area contributed by atoms with Crippen LogP contribution < -0.4 is 10.2 Å². The van der Waals surface area contributed by atoms with E-state index in [0.29, 0.717) is 18.1 Å². The van der Waals surface area contributed by atoms with Crippen molar-refractivity contribution in [3.05, 3.63) is 48.5 Å². The smallest absolute Gasteiger partial charge is 0.286 e. The molecule has 0 saturated carbocycles. The Morgan fingerprint density at radius 2 is 1.79 bits per heavy atom. The van der Waals surface area contributed by atoms with Crippen LogP contribution in [0.4, 0.5) is 11.6 Å². The van der Waals surface area contributed by atoms with Crippen LogP contribution in [0.3, 0.4) is 0 Å². The van der Waals surface area contributed by atoms with Crippen molar-refractivity contribution in [3.63, 3.8) is 0 Å². The van der Waals surface area contributed by atoms with Gasteiger partial charge in [0, 0.05) is 26.2 Å². The van der Waals surface area contributed by atoms with Crippen LogP contribution in [-0.2, 0) is 10.0 Å². The van der Waals surface area contributed by atoms with Gasteiger partial charge in [0.25, 0.3) is 10.0 Å². The van der Waals surface area contributed by atoms with E-state index in [2.05, 4.69) is 24.5 Å². The molecule has 0 aliphatic carbocycles. The van der Waals surface area contributed by atoms with Gasteiger partial charge in [0.05, 0.1) is 23.3 Å². The number of sulfonamides is 1. The summed E-state index contributed by atoms with van der Waals surface area (Å²) in [7, 11) is -3.65. The number of H-pyrrole nitrogens is 1. The SMILES string of the molecule is O=S1(=O)N=C(CN2CCCN(c3nc4ccccc4[nH]3)CC2)Nc2ccccc21. The molecule has 5 rings (SSSR count). The number of benzene rings is 2. The molecule has 2 aliphatic rings. The fraction of sp³-hybridized carbons (Fsp3) is 0.300. The summed E-state index contributed by atoms with van der Waals surface area (Å²) in [5.41, 5.74) is 2.60. The van der Waals surface area contributed by atoms with Crippen LogP contribution in [0, 0.1) is 0 Å². The number of para-hydroxylation sites is 3. The highest BCUT2D eigenvalue weighted by molar-refractivity contribution is 7.90. The molecule has 8 nitrogen and oxygen atoms in total. The van der Waals surface area contributed by atoms with Crippen molar-refractivity contribution >= 4 is 38.5 Å². The third kappa shape index (κ3) is 3.58. The number of amidine groups is 1. The number of fused-ring (bicyclic) bond motifs is 2. The van der Waals surface area contributed by atoms with E-state index in [9.17, 15) is 8.42 Å². The van der Waals surface area contributed by atoms with E-state index in [-0.39, 0.29) is 4.90 Å². The monoisotopic (exact) mass is 410 g/mol. The zero-order valence-corrected chi connectivity index (χ0v) is 16.7. The number of anilines is 2. The highest BCUT2D eigenvalue weighted by atomic mass is 32.2. The molecule has 29 heavy (non-hydrogen) atoms. The largest absolute Gasteiger partial charge is 0.341 e. The van der Waals surface area contributed by atoms with Crippen LogP contribution in [-0.4, -0.2) is 61.8 Å². The van der Waals surface area contributed by atoms with E-state index in [1.165, 1.54) is 0 Å². The molecule has 9 heteroatoms. The topological polar surface area (TPSA) is 93.7 Å². The first-order valence-corrected chi connectivity index (χ1v) is 11.1. The number of nitrogens with one attached hydrogen (secondary N) is 2. The Morgan fingerprint density at radius 3 is 2.69 bits per heavy atom. The highest BCUT2D eigenvalue weighted by Crippen LogP contribution is 2.27. The summed E-state index contributed by atoms with van der Waals surface area (Å²) in [5, 5.41) is 3.18. The third-order valence-electron chi connectivity index (χ3n) is 5.31. The van der Waals surface area contributed by atoms with Gasteiger partial charge in [0.2, 0.25) is 5.95 Å². The van der Waals surface area contributed by atoms with Crippen molar-refractivity contribution in [2.75, 3.05) is 42.9 Å². The Labute approximate surface area is 169 Å². The third-order valence-corrected chi connectivity index (χ3v) is 6.69. The lowest BCUT2D eigenvalue weighted by Crippen LogP contribution is -2.38. The maximum Gasteiger partial charge on any atom is 0.286 e. The molecule has 0 atom stereocenters. The zero-order chi connectivity index (χ0) is 19.8. The number of rotatable bonds is 3. The minimum absolute atomic E-state index is 0.232. The number of aromatic amines is 1. The van der Waals surface area contributed by atoms with Gasteiger partial charge in [0.1, 0.15) is 10.7 Å². The van der Waals surface area contributed by atoms with Crippen molar-refractivity contribution in [1.29, 1.82) is 0 Å². The molecule has 0 radical (unpaired) electrons. The molecule has 2 aromatic carbocycles. The summed E-state index contributed by atoms with van der Waals surface area (Å²) in [5.74, 6) is 1.36. The molecular formula is C20H22N6O2S. The van der Waals surface area contributed by atoms with Crippen LogP contribution in [0.25, 0.3) is 11.0 Å². The number of hydrogen-bond acceptors (Lipinski definition) is 6. The van der Waals surface area contributed by atoms with E-state index < -0.39 is 10.0 Å². The van der Waals surface area contributed by atoms with Crippen molar-refractivity contribution in [2.24, 2.45) is 4.40 Å². The average Bonchev–Trinajstić information content (AvgIpc) is 3.00. The summed E-state index contributed by atoms with van der Waals surface area (Å²) in [6, 6.07) is 14.9. The van der Waals surface area contributed by atoms with E-state index in [0.717, 1.165) is 49.6 Å². The summed E-state index contributed by atoms with van der Waals surface area (Å²) < 4.78 is 28.9. The van der Waals surface area contributed by atoms with Gasteiger partial charge in [-0.2, -0.15) is 8.42 Å². The minimum Gasteiger partial charge on any atom is -0.341 e. The predicted octanol–water partition coefficient (Wildman–Crippen LogP) is 2.29. The van der Waals surface area contributed by atoms with Crippen molar-refractivity contribution in [1.82, 2.24) is 14.9 Å². The van der Waals surface area contributed by atoms with Gasteiger partial charge in [-0.1, -0.05) is 24.3 Å². The summed E-state index contributed by atoms with van der Waals surface area (Å²) in [4.78, 5) is 12.8. The molecular weight excluding hydrogens is 388 g/mol. The fourth-order valence-electron chi connectivity index (χ4n) is 3.88. The van der Waals surface area contributed by atoms with E-state index >= 15 is 0 Å². The van der Waals surface area contributed by atoms with Gasteiger partial charge in [0.15, 0.2) is 0 Å². The van der Waals surface area contributed by atoms with E-state index in [1.54, 1.807) is 18.2 Å². The molecule has 0 bridgehead atoms. The van der Waals surface area contributed by atoms with Gasteiger partial charge in [-0.25, -0.2) is 4.98 Å². The maximum atomic E-state index is 12.4. The van der Waals surface area contributed by atoms with Gasteiger partial charge < -0.3 is 15.2 Å². The zero-order valence-electron chi connectivity index (χ0n) is 15.9. The lowest BCUT2D eigenvalue weighted by Gasteiger charge is -2.24. The van der Waals surface area contributed by atoms with Gasteiger partial charge in [-0.3, -0.25) is 4.90 Å². The van der Waals surface area contributed by atoms with Gasteiger partial charge in [-0.05, 0) is 30.7 Å². The summed E-state index contributed by atoms with van der Waals surface area (Å²) in [6.45, 7) is 3.87. The Morgan fingerprint density at radius 1 is 0.966 bits per heavy atom. The van der Waals surface area contributed by atoms with Crippen LogP contribution in [0.5, 0.6) is 0 Å². The second-order valence-corrected chi connectivity index (χ2v) is 8.90. The normalized spacial score (nSPS) is 19.3. The molecule has 0 spiro atoms. The van der Waals surface area contributed by atoms with Crippen LogP contribution in [0.2, 0.25) is 0 Å². The van der Waals surface area contributed by atoms with Crippen LogP contribution in [0.15, 0.2) is 57.8 Å². The minimum atomic E-state index is -3.65. The van der Waals surface area contributed by atoms with Gasteiger partial charge in [-0.15, -0.1) is 4.40 Å². The molecule has 0 amide bonds. The molecule has 1 aromatic heterocycles. The first-order chi connectivity index (χ1) is 14.1. The molecule has 1 fully saturated rings. The van der Waals surface area contributed by atoms with Crippen LogP contribution >= 0.6 is 0 Å². The Hall–Kier alpha value is -2.91. The van der Waals surface area contributed by atoms with E-state index in [1.807, 2.05) is 30.3 Å². The lowest BCUT2D eigenvalue weighted by atomic mass is 10.3. The molecule has 2 N–H and O–H groups in total. The first kappa shape index (κ1) is 18.1. The van der Waals surface area contributed by atoms with Gasteiger partial charge >= 0.3 is 0 Å². The predicted molar refractivity (Wildman–Crippen MR) is 114 cm³/mol. The highest BCUT2D eigenvalue weighted by Gasteiger charge is 2.26. The standard InChI is InChI=1S/C20H22N6O2S/c27-29(28)18-9-4-3-8-17(18)21-19(24-29)14-25-10-5-11-26(13-12-25)20-22-15-6-1-2-7-16(15)23-20/h1-4,6-9H,5,10-14H2,(H,21,24)(H,22,23). The number of aromatic nitrogens is 2. The molecule has 2 aliphatic heterocycles. The lowest BCUT2D eigenvalue weighted by molar-refractivity contribution is 0.334. The fourth-order valence-corrected chi connectivity index (χ4v) is 5.02. The van der Waals surface area contributed by atoms with Crippen molar-refractivity contribution in [3.8, 4) is 0 Å². The number of imidazole rings is 1. The summed E-state index contributed by atoms with van der Waals surface area (Å²) in [6.07, 6.45) is 0.966. The molecule has 150 valence electrons. The molecule has 3 aromatic rings.